The average molecular weight is 671 g/mol. The monoisotopic (exact) mass is 668 g/mol. The van der Waals surface area contributed by atoms with E-state index in [0.29, 0.717) is 21.4 Å². The van der Waals surface area contributed by atoms with Crippen molar-refractivity contribution in [3.8, 4) is 11.5 Å². The van der Waals surface area contributed by atoms with Gasteiger partial charge in [-0.25, -0.2) is 0 Å². The second-order valence-corrected chi connectivity index (χ2v) is 24.0. The predicted molar refractivity (Wildman–Crippen MR) is 169 cm³/mol. The number of nitrogens with zero attached hydrogens (tertiary/aromatic N) is 2. The zero-order valence-electron chi connectivity index (χ0n) is 19.2. The Bertz CT molecular complexity index is 1390. The molecular formula is C24H20Cl6N4O2P2. The van der Waals surface area contributed by atoms with Crippen LogP contribution in [0.2, 0.25) is 10.0 Å². The van der Waals surface area contributed by atoms with Crippen molar-refractivity contribution in [1.82, 2.24) is 0 Å². The number of benzene rings is 4. The maximum atomic E-state index is 10.6. The molecule has 1 heterocycles. The van der Waals surface area contributed by atoms with E-state index in [-0.39, 0.29) is 22.9 Å². The number of phenols is 2. The predicted octanol–water partition coefficient (Wildman–Crippen LogP) is 11.2. The third-order valence-electron chi connectivity index (χ3n) is 5.82. The molecule has 4 aromatic carbocycles. The molecule has 0 radical (unpaired) electrons. The molecule has 0 unspecified atom stereocenters. The van der Waals surface area contributed by atoms with Gasteiger partial charge in [-0.1, -0.05) is 0 Å². The summed E-state index contributed by atoms with van der Waals surface area (Å²) in [6.07, 6.45) is 0. The van der Waals surface area contributed by atoms with Crippen LogP contribution in [0.25, 0.3) is 0 Å². The van der Waals surface area contributed by atoms with E-state index in [4.69, 9.17) is 68.2 Å². The van der Waals surface area contributed by atoms with Gasteiger partial charge in [0.05, 0.1) is 0 Å². The molecule has 1 aliphatic heterocycles. The molecule has 1 saturated heterocycles. The molecule has 0 aromatic heterocycles. The molecule has 1 fully saturated rings. The van der Waals surface area contributed by atoms with Gasteiger partial charge in [0.1, 0.15) is 0 Å². The molecule has 5 rings (SSSR count). The number of nitrogens with one attached hydrogen (secondary N) is 2. The van der Waals surface area contributed by atoms with Crippen LogP contribution in [-0.4, -0.2) is 10.2 Å². The third-order valence-corrected chi connectivity index (χ3v) is 22.4. The minimum absolute atomic E-state index is 0.0880. The Morgan fingerprint density at radius 3 is 1.13 bits per heavy atom. The Morgan fingerprint density at radius 1 is 0.500 bits per heavy atom. The van der Waals surface area contributed by atoms with Crippen molar-refractivity contribution < 1.29 is 10.2 Å². The SMILES string of the molecule is Oc1ccccc1NP1(Cl)(Cl)N(c2ccc(Cl)cc2)P(Cl)(Cl)(Nc2ccccc2O)N1c1ccc(Cl)cc1. The fourth-order valence-electron chi connectivity index (χ4n) is 4.31. The van der Waals surface area contributed by atoms with Gasteiger partial charge in [-0.05, 0) is 0 Å². The number of rotatable bonds is 6. The Labute approximate surface area is 248 Å². The van der Waals surface area contributed by atoms with Crippen molar-refractivity contribution in [3.05, 3.63) is 107 Å². The average Bonchev–Trinajstić information content (AvgIpc) is 2.84. The van der Waals surface area contributed by atoms with E-state index in [1.807, 2.05) is 0 Å². The fourth-order valence-corrected chi connectivity index (χ4v) is 28.8. The number of para-hydroxylation sites is 4. The second kappa shape index (κ2) is 9.44. The standard InChI is InChI=1S/C24H20Cl6N4O2P2/c25-17-9-13-19(14-10-17)33-37(27,28,31-21-5-1-3-7-23(21)35)34(20-15-11-18(26)12-16-20)38(33,29,30)32-22-6-2-4-8-24(22)36/h1-16,31-32,35-36H. The maximum absolute atomic E-state index is 10.6. The molecule has 0 bridgehead atoms. The van der Waals surface area contributed by atoms with Crippen molar-refractivity contribution in [2.75, 3.05) is 19.1 Å². The van der Waals surface area contributed by atoms with E-state index in [0.717, 1.165) is 0 Å². The summed E-state index contributed by atoms with van der Waals surface area (Å²) >= 11 is 42.6. The van der Waals surface area contributed by atoms with Crippen molar-refractivity contribution in [1.29, 1.82) is 0 Å². The summed E-state index contributed by atoms with van der Waals surface area (Å²) < 4.78 is 3.01. The van der Waals surface area contributed by atoms with Crippen molar-refractivity contribution >= 4 is 102 Å². The van der Waals surface area contributed by atoms with Gasteiger partial charge < -0.3 is 0 Å². The molecule has 38 heavy (non-hydrogen) atoms. The van der Waals surface area contributed by atoms with Gasteiger partial charge in [-0.2, -0.15) is 0 Å². The number of phenolic OH excluding ortho intramolecular Hbond substituents is 2. The minimum atomic E-state index is -4.68. The van der Waals surface area contributed by atoms with Gasteiger partial charge >= 0.3 is 250 Å². The van der Waals surface area contributed by atoms with E-state index in [9.17, 15) is 10.2 Å². The van der Waals surface area contributed by atoms with Gasteiger partial charge in [0.25, 0.3) is 0 Å². The van der Waals surface area contributed by atoms with E-state index in [1.165, 1.54) is 21.0 Å². The van der Waals surface area contributed by atoms with E-state index >= 15 is 0 Å². The Hall–Kier alpha value is -1.72. The van der Waals surface area contributed by atoms with Crippen LogP contribution in [-0.2, 0) is 0 Å². The summed E-state index contributed by atoms with van der Waals surface area (Å²) in [5, 5.41) is 28.5. The van der Waals surface area contributed by atoms with E-state index in [2.05, 4.69) is 10.2 Å². The second-order valence-electron chi connectivity index (χ2n) is 8.44. The molecule has 4 aromatic rings. The number of aromatic hydroxyl groups is 2. The fraction of sp³-hybridized carbons (Fsp3) is 0. The van der Waals surface area contributed by atoms with Crippen molar-refractivity contribution in [2.24, 2.45) is 0 Å². The Kier molecular flexibility index (Phi) is 6.91. The normalized spacial score (nSPS) is 20.6. The molecule has 0 aliphatic carbocycles. The Morgan fingerprint density at radius 2 is 0.816 bits per heavy atom. The molecule has 0 atom stereocenters. The van der Waals surface area contributed by atoms with E-state index in [1.54, 1.807) is 84.9 Å². The van der Waals surface area contributed by atoms with Crippen LogP contribution in [0, 0.1) is 0 Å². The summed E-state index contributed by atoms with van der Waals surface area (Å²) in [6.45, 7) is 0. The van der Waals surface area contributed by atoms with Crippen molar-refractivity contribution in [2.45, 2.75) is 0 Å². The molecule has 0 spiro atoms. The van der Waals surface area contributed by atoms with Gasteiger partial charge in [-0.15, -0.1) is 0 Å². The zero-order chi connectivity index (χ0) is 27.4. The summed E-state index contributed by atoms with van der Waals surface area (Å²) in [6, 6.07) is 26.3. The van der Waals surface area contributed by atoms with Gasteiger partial charge in [0.2, 0.25) is 0 Å². The molecule has 1 aliphatic rings. The van der Waals surface area contributed by atoms with Crippen LogP contribution in [0.4, 0.5) is 22.7 Å². The molecule has 200 valence electrons. The Balaban J connectivity index is 1.80. The van der Waals surface area contributed by atoms with Gasteiger partial charge in [-0.3, -0.25) is 0 Å². The molecule has 4 N–H and O–H groups in total. The molecule has 6 nitrogen and oxygen atoms in total. The van der Waals surface area contributed by atoms with Crippen LogP contribution in [0.15, 0.2) is 97.1 Å². The zero-order valence-corrected chi connectivity index (χ0v) is 25.5. The molecule has 0 amide bonds. The van der Waals surface area contributed by atoms with Gasteiger partial charge in [0.15, 0.2) is 0 Å². The number of hydrogen-bond donors (Lipinski definition) is 4. The number of hydrogen-bond acceptors (Lipinski definition) is 6. The quantitative estimate of drug-likeness (QED) is 0.121. The summed E-state index contributed by atoms with van der Waals surface area (Å²) in [5.41, 5.74) is 1.39. The summed E-state index contributed by atoms with van der Waals surface area (Å²) in [5.74, 6) is -9.53. The van der Waals surface area contributed by atoms with Crippen LogP contribution < -0.4 is 19.1 Å². The third kappa shape index (κ3) is 4.46. The first-order valence-corrected chi connectivity index (χ1v) is 19.7. The summed E-state index contributed by atoms with van der Waals surface area (Å²) in [4.78, 5) is 0. The number of halogens is 6. The first-order valence-electron chi connectivity index (χ1n) is 11.0. The van der Waals surface area contributed by atoms with Crippen LogP contribution in [0.5, 0.6) is 11.5 Å². The number of anilines is 4. The topological polar surface area (TPSA) is 71.0 Å². The van der Waals surface area contributed by atoms with E-state index < -0.39 is 11.5 Å². The molecule has 14 heteroatoms. The first kappa shape index (κ1) is 27.8. The summed E-state index contributed by atoms with van der Waals surface area (Å²) in [7, 11) is 0. The van der Waals surface area contributed by atoms with Crippen LogP contribution >= 0.6 is 79.7 Å². The molecular weight excluding hydrogens is 651 g/mol. The molecule has 0 saturated carbocycles. The first-order chi connectivity index (χ1) is 17.8. The van der Waals surface area contributed by atoms with Gasteiger partial charge in [0, 0.05) is 0 Å². The van der Waals surface area contributed by atoms with Crippen molar-refractivity contribution in [3.63, 3.8) is 0 Å². The van der Waals surface area contributed by atoms with Crippen LogP contribution in [0.1, 0.15) is 0 Å². The van der Waals surface area contributed by atoms with Crippen LogP contribution in [0.3, 0.4) is 0 Å².